The summed E-state index contributed by atoms with van der Waals surface area (Å²) < 4.78 is 5.13. The Balaban J connectivity index is 1.87. The summed E-state index contributed by atoms with van der Waals surface area (Å²) in [4.78, 5) is 0. The van der Waals surface area contributed by atoms with Crippen molar-refractivity contribution in [3.63, 3.8) is 0 Å². The summed E-state index contributed by atoms with van der Waals surface area (Å²) in [7, 11) is 1.71. The van der Waals surface area contributed by atoms with Crippen LogP contribution in [0.3, 0.4) is 0 Å². The molecule has 100 valence electrons. The third-order valence-electron chi connectivity index (χ3n) is 2.85. The Labute approximate surface area is 119 Å². The molecule has 2 rings (SSSR count). The lowest BCUT2D eigenvalue weighted by molar-refractivity contribution is 0.185. The highest BCUT2D eigenvalue weighted by Crippen LogP contribution is 2.11. The van der Waals surface area contributed by atoms with Gasteiger partial charge in [-0.15, -0.1) is 0 Å². The third-order valence-corrected chi connectivity index (χ3v) is 3.08. The minimum absolute atomic E-state index is 0.655. The molecule has 0 saturated carbocycles. The van der Waals surface area contributed by atoms with Gasteiger partial charge in [-0.3, -0.25) is 0 Å². The van der Waals surface area contributed by atoms with Crippen LogP contribution in [-0.2, 0) is 24.4 Å². The summed E-state index contributed by atoms with van der Waals surface area (Å²) in [6.45, 7) is 2.31. The molecule has 2 nitrogen and oxygen atoms in total. The molecule has 0 bridgehead atoms. The first-order valence-corrected chi connectivity index (χ1v) is 6.67. The lowest BCUT2D eigenvalue weighted by atomic mass is 10.1. The molecule has 2 aromatic rings. The van der Waals surface area contributed by atoms with Crippen molar-refractivity contribution in [2.45, 2.75) is 19.7 Å². The Bertz CT molecular complexity index is 528. The predicted molar refractivity (Wildman–Crippen MR) is 79.2 cm³/mol. The second kappa shape index (κ2) is 7.29. The fourth-order valence-electron chi connectivity index (χ4n) is 1.99. The minimum atomic E-state index is 0.655. The van der Waals surface area contributed by atoms with E-state index in [9.17, 15) is 0 Å². The molecule has 0 aromatic heterocycles. The average Bonchev–Trinajstić information content (AvgIpc) is 2.40. The van der Waals surface area contributed by atoms with Crippen molar-refractivity contribution in [2.75, 3.05) is 7.11 Å². The van der Waals surface area contributed by atoms with Gasteiger partial charge in [-0.1, -0.05) is 48.0 Å². The predicted octanol–water partition coefficient (Wildman–Crippen LogP) is 3.78. The van der Waals surface area contributed by atoms with Crippen LogP contribution >= 0.6 is 11.6 Å². The van der Waals surface area contributed by atoms with Crippen LogP contribution in [-0.4, -0.2) is 7.11 Å². The molecule has 0 fully saturated rings. The molecule has 0 aliphatic carbocycles. The average molecular weight is 276 g/mol. The Hall–Kier alpha value is -1.35. The van der Waals surface area contributed by atoms with Crippen molar-refractivity contribution in [3.8, 4) is 0 Å². The summed E-state index contributed by atoms with van der Waals surface area (Å²) in [5, 5.41) is 4.19. The summed E-state index contributed by atoms with van der Waals surface area (Å²) in [5.41, 5.74) is 3.65. The van der Waals surface area contributed by atoms with Gasteiger partial charge in [-0.25, -0.2) is 0 Å². The second-order valence-corrected chi connectivity index (χ2v) is 4.92. The molecule has 3 heteroatoms. The van der Waals surface area contributed by atoms with E-state index in [0.717, 1.165) is 18.1 Å². The Morgan fingerprint density at radius 2 is 1.58 bits per heavy atom. The molecule has 0 radical (unpaired) electrons. The standard InChI is InChI=1S/C16H18ClNO/c1-19-12-15-6-2-4-13(8-15)10-18-11-14-5-3-7-16(17)9-14/h2-9,18H,10-12H2,1H3. The van der Waals surface area contributed by atoms with Gasteiger partial charge in [-0.2, -0.15) is 0 Å². The van der Waals surface area contributed by atoms with Crippen molar-refractivity contribution >= 4 is 11.6 Å². The Morgan fingerprint density at radius 1 is 0.947 bits per heavy atom. The van der Waals surface area contributed by atoms with Crippen LogP contribution in [0.4, 0.5) is 0 Å². The maximum Gasteiger partial charge on any atom is 0.0713 e. The summed E-state index contributed by atoms with van der Waals surface area (Å²) in [6, 6.07) is 16.3. The van der Waals surface area contributed by atoms with Crippen LogP contribution in [0.25, 0.3) is 0 Å². The molecule has 19 heavy (non-hydrogen) atoms. The first-order chi connectivity index (χ1) is 9.28. The fraction of sp³-hybridized carbons (Fsp3) is 0.250. The van der Waals surface area contributed by atoms with Crippen LogP contribution in [0.15, 0.2) is 48.5 Å². The number of ether oxygens (including phenoxy) is 1. The molecule has 0 unspecified atom stereocenters. The normalized spacial score (nSPS) is 10.6. The number of benzene rings is 2. The second-order valence-electron chi connectivity index (χ2n) is 4.49. The van der Waals surface area contributed by atoms with Gasteiger partial charge in [0.2, 0.25) is 0 Å². The summed E-state index contributed by atoms with van der Waals surface area (Å²) >= 11 is 5.95. The molecule has 0 spiro atoms. The maximum atomic E-state index is 5.95. The minimum Gasteiger partial charge on any atom is -0.380 e. The van der Waals surface area contributed by atoms with E-state index in [-0.39, 0.29) is 0 Å². The highest BCUT2D eigenvalue weighted by molar-refractivity contribution is 6.30. The largest absolute Gasteiger partial charge is 0.380 e. The zero-order chi connectivity index (χ0) is 13.5. The van der Waals surface area contributed by atoms with Crippen LogP contribution in [0.2, 0.25) is 5.02 Å². The molecule has 0 aliphatic rings. The zero-order valence-electron chi connectivity index (χ0n) is 11.0. The summed E-state index contributed by atoms with van der Waals surface area (Å²) in [6.07, 6.45) is 0. The van der Waals surface area contributed by atoms with Crippen molar-refractivity contribution < 1.29 is 4.74 Å². The Kier molecular flexibility index (Phi) is 5.40. The number of hydrogen-bond acceptors (Lipinski definition) is 2. The maximum absolute atomic E-state index is 5.95. The molecular weight excluding hydrogens is 258 g/mol. The van der Waals surface area contributed by atoms with Crippen molar-refractivity contribution in [3.05, 3.63) is 70.2 Å². The lowest BCUT2D eigenvalue weighted by Crippen LogP contribution is -2.12. The van der Waals surface area contributed by atoms with E-state index in [0.29, 0.717) is 6.61 Å². The van der Waals surface area contributed by atoms with Gasteiger partial charge in [-0.05, 0) is 28.8 Å². The molecule has 0 heterocycles. The van der Waals surface area contributed by atoms with E-state index in [2.05, 4.69) is 35.6 Å². The van der Waals surface area contributed by atoms with Gasteiger partial charge >= 0.3 is 0 Å². The quantitative estimate of drug-likeness (QED) is 0.866. The molecule has 0 amide bonds. The van der Waals surface area contributed by atoms with E-state index < -0.39 is 0 Å². The van der Waals surface area contributed by atoms with Crippen LogP contribution < -0.4 is 5.32 Å². The molecule has 0 atom stereocenters. The monoisotopic (exact) mass is 275 g/mol. The van der Waals surface area contributed by atoms with Gasteiger partial charge < -0.3 is 10.1 Å². The molecule has 2 aromatic carbocycles. The Morgan fingerprint density at radius 3 is 2.26 bits per heavy atom. The zero-order valence-corrected chi connectivity index (χ0v) is 11.8. The molecule has 0 saturated heterocycles. The first kappa shape index (κ1) is 14.1. The molecule has 1 N–H and O–H groups in total. The smallest absolute Gasteiger partial charge is 0.0713 e. The van der Waals surface area contributed by atoms with Crippen molar-refractivity contribution in [2.24, 2.45) is 0 Å². The topological polar surface area (TPSA) is 21.3 Å². The highest BCUT2D eigenvalue weighted by atomic mass is 35.5. The van der Waals surface area contributed by atoms with Gasteiger partial charge in [0.15, 0.2) is 0 Å². The number of rotatable bonds is 6. The number of methoxy groups -OCH3 is 1. The highest BCUT2D eigenvalue weighted by Gasteiger charge is 1.97. The van der Waals surface area contributed by atoms with E-state index >= 15 is 0 Å². The van der Waals surface area contributed by atoms with Crippen LogP contribution in [0.5, 0.6) is 0 Å². The van der Waals surface area contributed by atoms with Gasteiger partial charge in [0.1, 0.15) is 0 Å². The van der Waals surface area contributed by atoms with E-state index in [1.54, 1.807) is 7.11 Å². The van der Waals surface area contributed by atoms with E-state index in [4.69, 9.17) is 16.3 Å². The van der Waals surface area contributed by atoms with Crippen molar-refractivity contribution in [1.82, 2.24) is 5.32 Å². The SMILES string of the molecule is COCc1cccc(CNCc2cccc(Cl)c2)c1. The van der Waals surface area contributed by atoms with E-state index in [1.807, 2.05) is 18.2 Å². The lowest BCUT2D eigenvalue weighted by Gasteiger charge is -2.07. The van der Waals surface area contributed by atoms with E-state index in [1.165, 1.54) is 16.7 Å². The number of hydrogen-bond donors (Lipinski definition) is 1. The van der Waals surface area contributed by atoms with Crippen LogP contribution in [0.1, 0.15) is 16.7 Å². The van der Waals surface area contributed by atoms with Crippen molar-refractivity contribution in [1.29, 1.82) is 0 Å². The summed E-state index contributed by atoms with van der Waals surface area (Å²) in [5.74, 6) is 0. The number of nitrogens with one attached hydrogen (secondary N) is 1. The third kappa shape index (κ3) is 4.67. The van der Waals surface area contributed by atoms with Crippen LogP contribution in [0, 0.1) is 0 Å². The van der Waals surface area contributed by atoms with Gasteiger partial charge in [0.25, 0.3) is 0 Å². The molecule has 0 aliphatic heterocycles. The fourth-order valence-corrected chi connectivity index (χ4v) is 2.21. The van der Waals surface area contributed by atoms with Gasteiger partial charge in [0, 0.05) is 25.2 Å². The first-order valence-electron chi connectivity index (χ1n) is 6.30. The van der Waals surface area contributed by atoms with Gasteiger partial charge in [0.05, 0.1) is 6.61 Å². The molecular formula is C16H18ClNO. The number of halogens is 1.